The van der Waals surface area contributed by atoms with E-state index in [1.165, 1.54) is 0 Å². The minimum absolute atomic E-state index is 0.285. The Kier molecular flexibility index (Phi) is 6.06. The third-order valence-electron chi connectivity index (χ3n) is 4.90. The minimum Gasteiger partial charge on any atom is -0.275 e. The Morgan fingerprint density at radius 3 is 1.30 bits per heavy atom. The molecule has 0 spiro atoms. The van der Waals surface area contributed by atoms with Crippen molar-refractivity contribution >= 4 is 11.8 Å². The number of hydrogen-bond acceptors (Lipinski definition) is 2. The number of nitrogens with zero attached hydrogens (tertiary/aromatic N) is 1. The number of alkyl halides is 3. The number of amides is 2. The SMILES string of the molecule is CC(=O)N(CC(F)(F)F)C(=O)C(c1ccccc1)(c1ccccc1)c1ccccc1. The number of benzene rings is 3. The number of carbonyl (C=O) groups excluding carboxylic acids is 2. The van der Waals surface area contributed by atoms with Crippen LogP contribution in [0.2, 0.25) is 0 Å². The largest absolute Gasteiger partial charge is 0.406 e. The van der Waals surface area contributed by atoms with Crippen LogP contribution >= 0.6 is 0 Å². The molecule has 0 aliphatic rings. The van der Waals surface area contributed by atoms with Crippen LogP contribution in [0.15, 0.2) is 91.0 Å². The van der Waals surface area contributed by atoms with E-state index >= 15 is 0 Å². The topological polar surface area (TPSA) is 37.4 Å². The third-order valence-corrected chi connectivity index (χ3v) is 4.90. The first kappa shape index (κ1) is 21.3. The molecule has 0 aliphatic heterocycles. The van der Waals surface area contributed by atoms with Crippen molar-refractivity contribution in [2.24, 2.45) is 0 Å². The summed E-state index contributed by atoms with van der Waals surface area (Å²) in [5.41, 5.74) is -0.205. The van der Waals surface area contributed by atoms with Crippen molar-refractivity contribution in [2.75, 3.05) is 6.54 Å². The van der Waals surface area contributed by atoms with Crippen molar-refractivity contribution < 1.29 is 22.8 Å². The maximum absolute atomic E-state index is 13.9. The highest BCUT2D eigenvalue weighted by Crippen LogP contribution is 2.41. The van der Waals surface area contributed by atoms with Crippen molar-refractivity contribution in [3.63, 3.8) is 0 Å². The van der Waals surface area contributed by atoms with Crippen LogP contribution in [-0.4, -0.2) is 29.4 Å². The predicted octanol–water partition coefficient (Wildman–Crippen LogP) is 4.96. The second-order valence-corrected chi connectivity index (χ2v) is 6.87. The zero-order valence-corrected chi connectivity index (χ0v) is 16.3. The summed E-state index contributed by atoms with van der Waals surface area (Å²) >= 11 is 0. The molecule has 0 bridgehead atoms. The van der Waals surface area contributed by atoms with Crippen LogP contribution in [0.1, 0.15) is 23.6 Å². The fourth-order valence-electron chi connectivity index (χ4n) is 3.64. The second-order valence-electron chi connectivity index (χ2n) is 6.87. The van der Waals surface area contributed by atoms with Gasteiger partial charge in [-0.15, -0.1) is 0 Å². The van der Waals surface area contributed by atoms with Gasteiger partial charge in [0, 0.05) is 6.92 Å². The molecule has 0 atom stereocenters. The quantitative estimate of drug-likeness (QED) is 0.557. The standard InChI is InChI=1S/C24H20F3NO2/c1-18(29)28(17-23(25,26)27)22(30)24(19-11-5-2-6-12-19,20-13-7-3-8-14-20)21-15-9-4-10-16-21/h2-16H,17H2,1H3. The summed E-state index contributed by atoms with van der Waals surface area (Å²) in [5.74, 6) is -1.92. The van der Waals surface area contributed by atoms with Gasteiger partial charge in [-0.25, -0.2) is 0 Å². The van der Waals surface area contributed by atoms with Crippen molar-refractivity contribution in [1.82, 2.24) is 4.90 Å². The van der Waals surface area contributed by atoms with E-state index in [1.807, 2.05) is 0 Å². The van der Waals surface area contributed by atoms with Gasteiger partial charge in [0.2, 0.25) is 11.8 Å². The van der Waals surface area contributed by atoms with Crippen LogP contribution in [0, 0.1) is 0 Å². The number of halogens is 3. The Labute approximate surface area is 172 Å². The summed E-state index contributed by atoms with van der Waals surface area (Å²) < 4.78 is 39.8. The van der Waals surface area contributed by atoms with E-state index in [0.717, 1.165) is 6.92 Å². The molecular formula is C24H20F3NO2. The van der Waals surface area contributed by atoms with Crippen molar-refractivity contribution in [3.8, 4) is 0 Å². The lowest BCUT2D eigenvalue weighted by molar-refractivity contribution is -0.170. The number of hydrogen-bond donors (Lipinski definition) is 0. The van der Waals surface area contributed by atoms with Gasteiger partial charge < -0.3 is 0 Å². The summed E-state index contributed by atoms with van der Waals surface area (Å²) in [6.07, 6.45) is -4.73. The highest BCUT2D eigenvalue weighted by Gasteiger charge is 2.49. The van der Waals surface area contributed by atoms with Gasteiger partial charge in [0.15, 0.2) is 0 Å². The van der Waals surface area contributed by atoms with Gasteiger partial charge >= 0.3 is 6.18 Å². The van der Waals surface area contributed by atoms with Gasteiger partial charge in [0.25, 0.3) is 0 Å². The average molecular weight is 411 g/mol. The average Bonchev–Trinajstić information content (AvgIpc) is 2.74. The van der Waals surface area contributed by atoms with Gasteiger partial charge in [-0.05, 0) is 16.7 Å². The predicted molar refractivity (Wildman–Crippen MR) is 108 cm³/mol. The molecule has 30 heavy (non-hydrogen) atoms. The molecule has 0 saturated carbocycles. The zero-order chi connectivity index (χ0) is 21.8. The van der Waals surface area contributed by atoms with Crippen LogP contribution in [-0.2, 0) is 15.0 Å². The van der Waals surface area contributed by atoms with Crippen LogP contribution in [0.5, 0.6) is 0 Å². The number of rotatable bonds is 5. The molecule has 0 fully saturated rings. The third kappa shape index (κ3) is 4.13. The molecule has 0 heterocycles. The van der Waals surface area contributed by atoms with Crippen molar-refractivity contribution in [2.45, 2.75) is 18.5 Å². The first-order valence-electron chi connectivity index (χ1n) is 9.32. The number of carbonyl (C=O) groups is 2. The zero-order valence-electron chi connectivity index (χ0n) is 16.3. The maximum Gasteiger partial charge on any atom is 0.406 e. The summed E-state index contributed by atoms with van der Waals surface area (Å²) in [4.78, 5) is 26.4. The lowest BCUT2D eigenvalue weighted by Crippen LogP contribution is -2.52. The Morgan fingerprint density at radius 2 is 1.03 bits per heavy atom. The van der Waals surface area contributed by atoms with E-state index in [0.29, 0.717) is 16.7 Å². The fourth-order valence-corrected chi connectivity index (χ4v) is 3.64. The highest BCUT2D eigenvalue weighted by molar-refractivity contribution is 6.04. The Balaban J connectivity index is 2.36. The lowest BCUT2D eigenvalue weighted by atomic mass is 9.68. The molecule has 3 aromatic rings. The van der Waals surface area contributed by atoms with Crippen LogP contribution in [0.3, 0.4) is 0 Å². The van der Waals surface area contributed by atoms with Crippen LogP contribution in [0.25, 0.3) is 0 Å². The summed E-state index contributed by atoms with van der Waals surface area (Å²) in [7, 11) is 0. The second kappa shape index (κ2) is 8.53. The first-order valence-corrected chi connectivity index (χ1v) is 9.32. The summed E-state index contributed by atoms with van der Waals surface area (Å²) in [5, 5.41) is 0. The number of imide groups is 1. The van der Waals surface area contributed by atoms with Gasteiger partial charge in [0.1, 0.15) is 12.0 Å². The molecule has 3 nitrogen and oxygen atoms in total. The molecule has 0 unspecified atom stereocenters. The minimum atomic E-state index is -4.73. The lowest BCUT2D eigenvalue weighted by Gasteiger charge is -2.38. The molecule has 6 heteroatoms. The molecular weight excluding hydrogens is 391 g/mol. The normalized spacial score (nSPS) is 11.7. The van der Waals surface area contributed by atoms with E-state index < -0.39 is 30.0 Å². The van der Waals surface area contributed by atoms with Crippen molar-refractivity contribution in [3.05, 3.63) is 108 Å². The van der Waals surface area contributed by atoms with Gasteiger partial charge in [-0.2, -0.15) is 13.2 Å². The molecule has 0 N–H and O–H groups in total. The molecule has 0 saturated heterocycles. The van der Waals surface area contributed by atoms with Gasteiger partial charge in [-0.1, -0.05) is 91.0 Å². The summed E-state index contributed by atoms with van der Waals surface area (Å²) in [6.45, 7) is -0.690. The molecule has 2 amide bonds. The van der Waals surface area contributed by atoms with E-state index in [9.17, 15) is 22.8 Å². The molecule has 3 rings (SSSR count). The van der Waals surface area contributed by atoms with E-state index in [4.69, 9.17) is 0 Å². The first-order chi connectivity index (χ1) is 14.3. The monoisotopic (exact) mass is 411 g/mol. The molecule has 3 aromatic carbocycles. The molecule has 0 aliphatic carbocycles. The fraction of sp³-hybridized carbons (Fsp3) is 0.167. The molecule has 154 valence electrons. The van der Waals surface area contributed by atoms with Crippen LogP contribution < -0.4 is 0 Å². The Bertz CT molecular complexity index is 906. The van der Waals surface area contributed by atoms with Crippen LogP contribution in [0.4, 0.5) is 13.2 Å². The summed E-state index contributed by atoms with van der Waals surface area (Å²) in [6, 6.07) is 25.7. The van der Waals surface area contributed by atoms with Crippen molar-refractivity contribution in [1.29, 1.82) is 0 Å². The van der Waals surface area contributed by atoms with Gasteiger partial charge in [-0.3, -0.25) is 14.5 Å². The van der Waals surface area contributed by atoms with Gasteiger partial charge in [0.05, 0.1) is 0 Å². The maximum atomic E-state index is 13.9. The Morgan fingerprint density at radius 1 is 0.700 bits per heavy atom. The molecule has 0 aromatic heterocycles. The highest BCUT2D eigenvalue weighted by atomic mass is 19.4. The van der Waals surface area contributed by atoms with E-state index in [2.05, 4.69) is 0 Å². The van der Waals surface area contributed by atoms with E-state index in [1.54, 1.807) is 91.0 Å². The van der Waals surface area contributed by atoms with E-state index in [-0.39, 0.29) is 4.90 Å². The molecule has 0 radical (unpaired) electrons. The smallest absolute Gasteiger partial charge is 0.275 e. The Hall–Kier alpha value is -3.41.